The number of rotatable bonds is 6. The van der Waals surface area contributed by atoms with Gasteiger partial charge in [-0.3, -0.25) is 14.2 Å². The minimum absolute atomic E-state index is 0.0141. The highest BCUT2D eigenvalue weighted by molar-refractivity contribution is 9.10. The van der Waals surface area contributed by atoms with Gasteiger partial charge in [0.1, 0.15) is 0 Å². The second-order valence-electron chi connectivity index (χ2n) is 6.88. The summed E-state index contributed by atoms with van der Waals surface area (Å²) < 4.78 is 25.6. The van der Waals surface area contributed by atoms with E-state index in [0.717, 1.165) is 10.9 Å². The summed E-state index contributed by atoms with van der Waals surface area (Å²) in [5.74, 6) is -0.155. The van der Waals surface area contributed by atoms with Crippen molar-refractivity contribution in [3.63, 3.8) is 0 Å². The molecule has 1 fully saturated rings. The van der Waals surface area contributed by atoms with Gasteiger partial charge < -0.3 is 5.32 Å². The Morgan fingerprint density at radius 1 is 1.46 bits per heavy atom. The average Bonchev–Trinajstić information content (AvgIpc) is 2.97. The summed E-state index contributed by atoms with van der Waals surface area (Å²) in [5.41, 5.74) is 0.447. The molecule has 1 aromatic carbocycles. The van der Waals surface area contributed by atoms with E-state index in [-0.39, 0.29) is 29.0 Å². The first-order valence-corrected chi connectivity index (χ1v) is 12.6. The van der Waals surface area contributed by atoms with Crippen LogP contribution in [0.3, 0.4) is 0 Å². The molecule has 1 amide bonds. The molecule has 28 heavy (non-hydrogen) atoms. The third-order valence-corrected chi connectivity index (χ3v) is 7.91. The van der Waals surface area contributed by atoms with E-state index in [1.54, 1.807) is 23.6 Å². The van der Waals surface area contributed by atoms with Crippen LogP contribution in [0.15, 0.2) is 32.6 Å². The van der Waals surface area contributed by atoms with Gasteiger partial charge in [-0.05, 0) is 38.0 Å². The number of nitrogens with one attached hydrogen (secondary N) is 1. The summed E-state index contributed by atoms with van der Waals surface area (Å²) in [6, 6.07) is 5.00. The Kier molecular flexibility index (Phi) is 6.51. The molecule has 2 atom stereocenters. The number of nitrogens with zero attached hydrogens (tertiary/aromatic N) is 2. The van der Waals surface area contributed by atoms with Gasteiger partial charge in [-0.15, -0.1) is 0 Å². The Morgan fingerprint density at radius 2 is 2.21 bits per heavy atom. The molecule has 0 bridgehead atoms. The number of sulfone groups is 1. The lowest BCUT2D eigenvalue weighted by molar-refractivity contribution is -0.120. The lowest BCUT2D eigenvalue weighted by Crippen LogP contribution is -2.40. The van der Waals surface area contributed by atoms with Gasteiger partial charge in [0.2, 0.25) is 5.91 Å². The molecule has 0 saturated carbocycles. The van der Waals surface area contributed by atoms with Gasteiger partial charge in [-0.25, -0.2) is 13.4 Å². The van der Waals surface area contributed by atoms with Crippen LogP contribution in [-0.4, -0.2) is 46.7 Å². The number of carbonyl (C=O) groups excluding carboxylic acids is 1. The third-order valence-electron chi connectivity index (χ3n) is 4.56. The van der Waals surface area contributed by atoms with Gasteiger partial charge in [0.25, 0.3) is 5.56 Å². The van der Waals surface area contributed by atoms with E-state index >= 15 is 0 Å². The van der Waals surface area contributed by atoms with Gasteiger partial charge >= 0.3 is 0 Å². The highest BCUT2D eigenvalue weighted by Gasteiger charge is 2.30. The fraction of sp³-hybridized carbons (Fsp3) is 0.500. The van der Waals surface area contributed by atoms with Crippen LogP contribution in [0, 0.1) is 0 Å². The van der Waals surface area contributed by atoms with Crippen LogP contribution in [0.2, 0.25) is 0 Å². The van der Waals surface area contributed by atoms with Crippen LogP contribution >= 0.6 is 27.7 Å². The first kappa shape index (κ1) is 21.3. The zero-order valence-corrected chi connectivity index (χ0v) is 18.9. The quantitative estimate of drug-likeness (QED) is 0.495. The topological polar surface area (TPSA) is 98.1 Å². The third kappa shape index (κ3) is 4.77. The largest absolute Gasteiger partial charge is 0.351 e. The predicted molar refractivity (Wildman–Crippen MR) is 115 cm³/mol. The van der Waals surface area contributed by atoms with Crippen molar-refractivity contribution in [1.82, 2.24) is 14.9 Å². The molecule has 1 N–H and O–H groups in total. The number of amides is 1. The highest BCUT2D eigenvalue weighted by Crippen LogP contribution is 2.24. The van der Waals surface area contributed by atoms with Gasteiger partial charge in [-0.1, -0.05) is 34.6 Å². The van der Waals surface area contributed by atoms with Crippen molar-refractivity contribution in [2.45, 2.75) is 49.7 Å². The molecule has 1 aliphatic rings. The summed E-state index contributed by atoms with van der Waals surface area (Å²) in [6.45, 7) is 4.21. The number of aromatic nitrogens is 2. The fourth-order valence-corrected chi connectivity index (χ4v) is 6.10. The van der Waals surface area contributed by atoms with E-state index in [1.165, 1.54) is 11.8 Å². The van der Waals surface area contributed by atoms with E-state index in [2.05, 4.69) is 26.2 Å². The lowest BCUT2D eigenvalue weighted by atomic mass is 10.2. The van der Waals surface area contributed by atoms with Crippen LogP contribution < -0.4 is 10.9 Å². The molecule has 0 spiro atoms. The van der Waals surface area contributed by atoms with Crippen molar-refractivity contribution in [3.05, 3.63) is 33.0 Å². The second-order valence-corrected chi connectivity index (χ2v) is 11.3. The molecule has 2 aromatic rings. The number of hydrogen-bond donors (Lipinski definition) is 1. The maximum atomic E-state index is 12.9. The zero-order chi connectivity index (χ0) is 20.5. The summed E-state index contributed by atoms with van der Waals surface area (Å²) in [6.07, 6.45) is 1.20. The normalized spacial score (nSPS) is 19.6. The van der Waals surface area contributed by atoms with E-state index in [0.29, 0.717) is 29.0 Å². The van der Waals surface area contributed by atoms with Gasteiger partial charge in [0.05, 0.1) is 27.7 Å². The molecule has 1 saturated heterocycles. The second kappa shape index (κ2) is 8.54. The predicted octanol–water partition coefficient (Wildman–Crippen LogP) is 2.35. The number of hydrogen-bond acceptors (Lipinski definition) is 6. The van der Waals surface area contributed by atoms with Crippen molar-refractivity contribution in [2.75, 3.05) is 11.5 Å². The molecule has 1 aliphatic heterocycles. The maximum Gasteiger partial charge on any atom is 0.262 e. The average molecular weight is 488 g/mol. The standard InChI is InChI=1S/C18H22BrN3O4S2/c1-3-7-22-17(24)14-9-12(19)4-5-15(14)21-18(22)27-11(2)16(23)20-13-6-8-28(25,26)10-13/h4-5,9,11,13H,3,6-8,10H2,1-2H3,(H,20,23). The Hall–Kier alpha value is -1.39. The first-order valence-electron chi connectivity index (χ1n) is 9.07. The Labute approximate surface area is 176 Å². The Morgan fingerprint density at radius 3 is 2.86 bits per heavy atom. The number of thioether (sulfide) groups is 1. The van der Waals surface area contributed by atoms with E-state index in [9.17, 15) is 18.0 Å². The van der Waals surface area contributed by atoms with Crippen LogP contribution in [-0.2, 0) is 21.2 Å². The molecular weight excluding hydrogens is 466 g/mol. The van der Waals surface area contributed by atoms with Crippen LogP contribution in [0.1, 0.15) is 26.7 Å². The molecule has 2 heterocycles. The molecule has 1 aromatic heterocycles. The van der Waals surface area contributed by atoms with Crippen molar-refractivity contribution >= 4 is 54.3 Å². The van der Waals surface area contributed by atoms with E-state index < -0.39 is 15.1 Å². The smallest absolute Gasteiger partial charge is 0.262 e. The van der Waals surface area contributed by atoms with Gasteiger partial charge in [0.15, 0.2) is 15.0 Å². The van der Waals surface area contributed by atoms with Crippen LogP contribution in [0.5, 0.6) is 0 Å². The molecule has 2 unspecified atom stereocenters. The number of carbonyl (C=O) groups is 1. The number of halogens is 1. The monoisotopic (exact) mass is 487 g/mol. The SMILES string of the molecule is CCCn1c(SC(C)C(=O)NC2CCS(=O)(=O)C2)nc2ccc(Br)cc2c1=O. The summed E-state index contributed by atoms with van der Waals surface area (Å²) >= 11 is 4.59. The summed E-state index contributed by atoms with van der Waals surface area (Å²) in [5, 5.41) is 3.31. The molecule has 10 heteroatoms. The molecular formula is C18H22BrN3O4S2. The highest BCUT2D eigenvalue weighted by atomic mass is 79.9. The van der Waals surface area contributed by atoms with Crippen molar-refractivity contribution in [1.29, 1.82) is 0 Å². The van der Waals surface area contributed by atoms with E-state index in [1.807, 2.05) is 13.0 Å². The Balaban J connectivity index is 1.84. The minimum atomic E-state index is -3.06. The molecule has 152 valence electrons. The van der Waals surface area contributed by atoms with Crippen LogP contribution in [0.25, 0.3) is 10.9 Å². The zero-order valence-electron chi connectivity index (χ0n) is 15.6. The fourth-order valence-electron chi connectivity index (χ4n) is 3.12. The first-order chi connectivity index (χ1) is 13.2. The molecule has 7 nitrogen and oxygen atoms in total. The lowest BCUT2D eigenvalue weighted by Gasteiger charge is -2.18. The Bertz CT molecular complexity index is 1070. The molecule has 0 radical (unpaired) electrons. The van der Waals surface area contributed by atoms with Crippen molar-refractivity contribution in [3.8, 4) is 0 Å². The molecule has 0 aliphatic carbocycles. The molecule has 3 rings (SSSR count). The maximum absolute atomic E-state index is 12.9. The van der Waals surface area contributed by atoms with Crippen LogP contribution in [0.4, 0.5) is 0 Å². The number of benzene rings is 1. The number of fused-ring (bicyclic) bond motifs is 1. The summed E-state index contributed by atoms with van der Waals surface area (Å²) in [7, 11) is -3.06. The van der Waals surface area contributed by atoms with Crippen molar-refractivity contribution in [2.24, 2.45) is 0 Å². The van der Waals surface area contributed by atoms with Gasteiger partial charge in [0, 0.05) is 17.1 Å². The van der Waals surface area contributed by atoms with Crippen molar-refractivity contribution < 1.29 is 13.2 Å². The van der Waals surface area contributed by atoms with E-state index in [4.69, 9.17) is 0 Å². The van der Waals surface area contributed by atoms with Gasteiger partial charge in [-0.2, -0.15) is 0 Å². The minimum Gasteiger partial charge on any atom is -0.351 e. The summed E-state index contributed by atoms with van der Waals surface area (Å²) in [4.78, 5) is 30.0.